The predicted molar refractivity (Wildman–Crippen MR) is 75.0 cm³/mol. The van der Waals surface area contributed by atoms with Gasteiger partial charge in [0.2, 0.25) is 5.91 Å². The van der Waals surface area contributed by atoms with Crippen molar-refractivity contribution in [2.75, 3.05) is 5.75 Å². The van der Waals surface area contributed by atoms with E-state index < -0.39 is 0 Å². The zero-order chi connectivity index (χ0) is 12.4. The summed E-state index contributed by atoms with van der Waals surface area (Å²) in [6.45, 7) is 0. The van der Waals surface area contributed by atoms with Crippen molar-refractivity contribution < 1.29 is 4.79 Å². The molecule has 0 bridgehead atoms. The first-order valence-electron chi connectivity index (χ1n) is 6.20. The molecule has 92 valence electrons. The smallest absolute Gasteiger partial charge is 0.232 e. The van der Waals surface area contributed by atoms with Gasteiger partial charge in [-0.2, -0.15) is 11.8 Å². The summed E-state index contributed by atoms with van der Waals surface area (Å²) < 4.78 is 1.68. The Morgan fingerprint density at radius 1 is 1.22 bits per heavy atom. The molecule has 3 rings (SSSR count). The molecule has 2 nitrogen and oxygen atoms in total. The van der Waals surface area contributed by atoms with Crippen LogP contribution in [0.1, 0.15) is 27.6 Å². The normalized spacial score (nSPS) is 18.3. The molecule has 0 radical (unpaired) electrons. The zero-order valence-corrected chi connectivity index (χ0v) is 10.9. The Morgan fingerprint density at radius 3 is 2.83 bits per heavy atom. The summed E-state index contributed by atoms with van der Waals surface area (Å²) in [5.74, 6) is 1.29. The van der Waals surface area contributed by atoms with E-state index in [4.69, 9.17) is 0 Å². The summed E-state index contributed by atoms with van der Waals surface area (Å²) >= 11 is 1.90. The summed E-state index contributed by atoms with van der Waals surface area (Å²) in [4.78, 5) is 12.1. The molecule has 1 atom stereocenters. The maximum atomic E-state index is 12.1. The minimum atomic E-state index is 0.175. The minimum Gasteiger partial charge on any atom is -0.295 e. The maximum Gasteiger partial charge on any atom is 0.232 e. The summed E-state index contributed by atoms with van der Waals surface area (Å²) in [5, 5.41) is 0.310. The van der Waals surface area contributed by atoms with E-state index in [-0.39, 0.29) is 5.91 Å². The molecule has 1 aromatic heterocycles. The highest BCUT2D eigenvalue weighted by Crippen LogP contribution is 2.39. The highest BCUT2D eigenvalue weighted by Gasteiger charge is 2.23. The van der Waals surface area contributed by atoms with Gasteiger partial charge in [-0.3, -0.25) is 9.36 Å². The number of nitrogens with zero attached hydrogens (tertiary/aromatic N) is 1. The van der Waals surface area contributed by atoms with Crippen LogP contribution in [0, 0.1) is 0 Å². The van der Waals surface area contributed by atoms with Crippen molar-refractivity contribution >= 4 is 17.7 Å². The molecule has 2 heterocycles. The fourth-order valence-electron chi connectivity index (χ4n) is 2.41. The molecule has 0 N–H and O–H groups in total. The topological polar surface area (TPSA) is 22.0 Å². The van der Waals surface area contributed by atoms with Gasteiger partial charge in [-0.1, -0.05) is 24.3 Å². The van der Waals surface area contributed by atoms with Crippen LogP contribution in [0.5, 0.6) is 0 Å². The standard InChI is InChI=1S/C15H15NOS/c17-15(16-8-3-4-9-16)11-14-13-6-2-1-5-12(13)7-10-18-14/h1-6,8-9,14H,7,10-11H2. The number of rotatable bonds is 2. The Balaban J connectivity index is 1.80. The first kappa shape index (κ1) is 11.6. The van der Waals surface area contributed by atoms with Crippen molar-refractivity contribution in [3.8, 4) is 0 Å². The SMILES string of the molecule is O=C(CC1SCCc2ccccc21)n1cccc1. The van der Waals surface area contributed by atoms with E-state index in [9.17, 15) is 4.79 Å². The van der Waals surface area contributed by atoms with Crippen molar-refractivity contribution in [3.63, 3.8) is 0 Å². The second-order valence-corrected chi connectivity index (χ2v) is 5.81. The van der Waals surface area contributed by atoms with Gasteiger partial charge in [-0.15, -0.1) is 0 Å². The summed E-state index contributed by atoms with van der Waals surface area (Å²) in [7, 11) is 0. The number of hydrogen-bond acceptors (Lipinski definition) is 2. The number of fused-ring (bicyclic) bond motifs is 1. The van der Waals surface area contributed by atoms with Crippen LogP contribution in [-0.4, -0.2) is 16.2 Å². The third-order valence-electron chi connectivity index (χ3n) is 3.34. The molecule has 0 fully saturated rings. The lowest BCUT2D eigenvalue weighted by atomic mass is 10.00. The number of aryl methyl sites for hydroxylation is 1. The molecule has 1 aliphatic heterocycles. The van der Waals surface area contributed by atoms with E-state index in [0.717, 1.165) is 12.2 Å². The Kier molecular flexibility index (Phi) is 3.24. The van der Waals surface area contributed by atoms with E-state index in [1.165, 1.54) is 11.1 Å². The van der Waals surface area contributed by atoms with Crippen molar-refractivity contribution in [3.05, 3.63) is 59.9 Å². The van der Waals surface area contributed by atoms with Crippen LogP contribution in [0.3, 0.4) is 0 Å². The summed E-state index contributed by atoms with van der Waals surface area (Å²) in [6.07, 6.45) is 5.34. The Morgan fingerprint density at radius 2 is 2.00 bits per heavy atom. The summed E-state index contributed by atoms with van der Waals surface area (Å²) in [5.41, 5.74) is 2.75. The van der Waals surface area contributed by atoms with Gasteiger partial charge in [0.1, 0.15) is 0 Å². The highest BCUT2D eigenvalue weighted by atomic mass is 32.2. The molecule has 1 aliphatic rings. The highest BCUT2D eigenvalue weighted by molar-refractivity contribution is 7.99. The van der Waals surface area contributed by atoms with Gasteiger partial charge in [-0.05, 0) is 35.4 Å². The molecule has 0 saturated heterocycles. The van der Waals surface area contributed by atoms with Crippen LogP contribution < -0.4 is 0 Å². The molecule has 18 heavy (non-hydrogen) atoms. The van der Waals surface area contributed by atoms with Crippen molar-refractivity contribution in [2.24, 2.45) is 0 Å². The molecule has 2 aromatic rings. The van der Waals surface area contributed by atoms with Gasteiger partial charge < -0.3 is 0 Å². The average molecular weight is 257 g/mol. The molecule has 1 unspecified atom stereocenters. The fourth-order valence-corrected chi connectivity index (χ4v) is 3.70. The number of aromatic nitrogens is 1. The third-order valence-corrected chi connectivity index (χ3v) is 4.61. The molecular formula is C15H15NOS. The lowest BCUT2D eigenvalue weighted by molar-refractivity contribution is 0.0902. The fraction of sp³-hybridized carbons (Fsp3) is 0.267. The number of thioether (sulfide) groups is 1. The van der Waals surface area contributed by atoms with Crippen LogP contribution in [0.4, 0.5) is 0 Å². The van der Waals surface area contributed by atoms with Crippen LogP contribution >= 0.6 is 11.8 Å². The van der Waals surface area contributed by atoms with E-state index in [0.29, 0.717) is 11.7 Å². The first-order chi connectivity index (χ1) is 8.84. The molecule has 0 spiro atoms. The largest absolute Gasteiger partial charge is 0.295 e. The predicted octanol–water partition coefficient (Wildman–Crippen LogP) is 3.55. The Labute approximate surface area is 111 Å². The quantitative estimate of drug-likeness (QED) is 0.820. The Bertz CT molecular complexity index is 547. The number of hydrogen-bond donors (Lipinski definition) is 0. The molecule has 3 heteroatoms. The van der Waals surface area contributed by atoms with E-state index in [2.05, 4.69) is 24.3 Å². The van der Waals surface area contributed by atoms with Gasteiger partial charge in [0.25, 0.3) is 0 Å². The maximum absolute atomic E-state index is 12.1. The van der Waals surface area contributed by atoms with E-state index >= 15 is 0 Å². The van der Waals surface area contributed by atoms with Gasteiger partial charge >= 0.3 is 0 Å². The number of carbonyl (C=O) groups excluding carboxylic acids is 1. The van der Waals surface area contributed by atoms with E-state index in [1.807, 2.05) is 36.3 Å². The van der Waals surface area contributed by atoms with Crippen LogP contribution in [0.2, 0.25) is 0 Å². The average Bonchev–Trinajstić information content (AvgIpc) is 2.93. The van der Waals surface area contributed by atoms with Gasteiger partial charge in [-0.25, -0.2) is 0 Å². The first-order valence-corrected chi connectivity index (χ1v) is 7.25. The third kappa shape index (κ3) is 2.23. The van der Waals surface area contributed by atoms with Crippen molar-refractivity contribution in [1.82, 2.24) is 4.57 Å². The van der Waals surface area contributed by atoms with Crippen LogP contribution in [0.25, 0.3) is 0 Å². The molecule has 0 saturated carbocycles. The van der Waals surface area contributed by atoms with Gasteiger partial charge in [0.15, 0.2) is 0 Å². The lowest BCUT2D eigenvalue weighted by Gasteiger charge is -2.24. The lowest BCUT2D eigenvalue weighted by Crippen LogP contribution is -2.15. The van der Waals surface area contributed by atoms with Crippen LogP contribution in [0.15, 0.2) is 48.8 Å². The minimum absolute atomic E-state index is 0.175. The number of benzene rings is 1. The van der Waals surface area contributed by atoms with Crippen molar-refractivity contribution in [2.45, 2.75) is 18.1 Å². The second-order valence-electron chi connectivity index (χ2n) is 4.50. The Hall–Kier alpha value is -1.48. The molecule has 0 aliphatic carbocycles. The number of carbonyl (C=O) groups is 1. The van der Waals surface area contributed by atoms with Gasteiger partial charge in [0, 0.05) is 24.1 Å². The molecule has 0 amide bonds. The van der Waals surface area contributed by atoms with Crippen molar-refractivity contribution in [1.29, 1.82) is 0 Å². The van der Waals surface area contributed by atoms with E-state index in [1.54, 1.807) is 4.57 Å². The zero-order valence-electron chi connectivity index (χ0n) is 10.1. The molecule has 1 aromatic carbocycles. The monoisotopic (exact) mass is 257 g/mol. The van der Waals surface area contributed by atoms with Gasteiger partial charge in [0.05, 0.1) is 0 Å². The second kappa shape index (κ2) is 5.02. The molecular weight excluding hydrogens is 242 g/mol. The van der Waals surface area contributed by atoms with Crippen LogP contribution in [-0.2, 0) is 6.42 Å². The summed E-state index contributed by atoms with van der Waals surface area (Å²) in [6, 6.07) is 12.3.